The Bertz CT molecular complexity index is 1260. The number of aromatic nitrogens is 1. The maximum absolute atomic E-state index is 13.4. The molecule has 1 aliphatic heterocycles. The highest BCUT2D eigenvalue weighted by Crippen LogP contribution is 2.35. The van der Waals surface area contributed by atoms with Crippen molar-refractivity contribution in [2.45, 2.75) is 30.6 Å². The maximum Gasteiger partial charge on any atom is 0.264 e. The number of anilines is 2. The van der Waals surface area contributed by atoms with Crippen LogP contribution < -0.4 is 14.4 Å². The molecule has 0 atom stereocenters. The van der Waals surface area contributed by atoms with E-state index in [0.29, 0.717) is 29.5 Å². The van der Waals surface area contributed by atoms with Crippen molar-refractivity contribution in [2.75, 3.05) is 23.3 Å². The van der Waals surface area contributed by atoms with Crippen LogP contribution in [0, 0.1) is 0 Å². The number of rotatable bonds is 5. The molecule has 9 heteroatoms. The number of para-hydroxylation sites is 1. The van der Waals surface area contributed by atoms with E-state index in [9.17, 15) is 13.2 Å². The first-order chi connectivity index (χ1) is 15.0. The first-order valence-electron chi connectivity index (χ1n) is 10.1. The minimum absolute atomic E-state index is 0.0526. The molecule has 0 saturated carbocycles. The molecule has 1 aromatic heterocycles. The number of nitrogens with one attached hydrogen (secondary N) is 1. The van der Waals surface area contributed by atoms with Gasteiger partial charge in [-0.25, -0.2) is 13.4 Å². The first-order valence-corrected chi connectivity index (χ1v) is 12.3. The molecule has 160 valence electrons. The second-order valence-electron chi connectivity index (χ2n) is 7.51. The summed E-state index contributed by atoms with van der Waals surface area (Å²) < 4.78 is 33.5. The van der Waals surface area contributed by atoms with Gasteiger partial charge >= 0.3 is 0 Å². The molecule has 1 N–H and O–H groups in total. The summed E-state index contributed by atoms with van der Waals surface area (Å²) in [5, 5.41) is 3.33. The van der Waals surface area contributed by atoms with Crippen LogP contribution >= 0.6 is 11.3 Å². The number of aryl methyl sites for hydroxylation is 2. The van der Waals surface area contributed by atoms with Crippen molar-refractivity contribution in [1.29, 1.82) is 0 Å². The van der Waals surface area contributed by atoms with Gasteiger partial charge in [0.05, 0.1) is 29.0 Å². The summed E-state index contributed by atoms with van der Waals surface area (Å²) in [7, 11) is -2.37. The van der Waals surface area contributed by atoms with E-state index >= 15 is 0 Å². The fraction of sp³-hybridized carbons (Fsp3) is 0.273. The summed E-state index contributed by atoms with van der Waals surface area (Å²) in [4.78, 5) is 18.7. The lowest BCUT2D eigenvalue weighted by molar-refractivity contribution is 0.102. The molecule has 1 aliphatic carbocycles. The molecule has 0 saturated heterocycles. The highest BCUT2D eigenvalue weighted by atomic mass is 32.2. The average molecular weight is 456 g/mol. The van der Waals surface area contributed by atoms with E-state index in [-0.39, 0.29) is 10.5 Å². The van der Waals surface area contributed by atoms with Crippen LogP contribution in [0.2, 0.25) is 0 Å². The van der Waals surface area contributed by atoms with E-state index < -0.39 is 15.9 Å². The zero-order valence-corrected chi connectivity index (χ0v) is 18.6. The molecule has 0 fully saturated rings. The Morgan fingerprint density at radius 3 is 2.81 bits per heavy atom. The minimum atomic E-state index is -3.82. The van der Waals surface area contributed by atoms with Crippen molar-refractivity contribution in [3.63, 3.8) is 0 Å². The van der Waals surface area contributed by atoms with Crippen molar-refractivity contribution in [1.82, 2.24) is 4.98 Å². The molecule has 31 heavy (non-hydrogen) atoms. The summed E-state index contributed by atoms with van der Waals surface area (Å²) in [6, 6.07) is 11.8. The van der Waals surface area contributed by atoms with E-state index in [1.165, 1.54) is 45.8 Å². The third-order valence-electron chi connectivity index (χ3n) is 5.66. The van der Waals surface area contributed by atoms with Crippen LogP contribution in [-0.2, 0) is 29.3 Å². The standard InChI is InChI=1S/C22H21N3O4S2/c1-29-19-10-9-15(31(27,28)25-12-11-14-5-2-3-7-18(14)25)13-16(19)21(26)24-22-23-17-6-4-8-20(17)30-22/h2-3,5,7,9-10,13H,4,6,8,11-12H2,1H3,(H,23,24,26). The number of fused-ring (bicyclic) bond motifs is 2. The number of sulfonamides is 1. The number of carbonyl (C=O) groups excluding carboxylic acids is 1. The number of carbonyl (C=O) groups is 1. The number of ether oxygens (including phenoxy) is 1. The van der Waals surface area contributed by atoms with Crippen molar-refractivity contribution in [3.05, 3.63) is 64.2 Å². The zero-order valence-electron chi connectivity index (χ0n) is 16.9. The molecular weight excluding hydrogens is 434 g/mol. The van der Waals surface area contributed by atoms with Crippen LogP contribution in [0.4, 0.5) is 10.8 Å². The van der Waals surface area contributed by atoms with Crippen LogP contribution in [0.15, 0.2) is 47.4 Å². The Labute approximate surface area is 184 Å². The number of amides is 1. The van der Waals surface area contributed by atoms with Crippen molar-refractivity contribution < 1.29 is 17.9 Å². The van der Waals surface area contributed by atoms with Gasteiger partial charge < -0.3 is 4.74 Å². The van der Waals surface area contributed by atoms with E-state index in [1.54, 1.807) is 6.07 Å². The predicted octanol–water partition coefficient (Wildman–Crippen LogP) is 3.64. The molecule has 2 aromatic carbocycles. The van der Waals surface area contributed by atoms with E-state index in [2.05, 4.69) is 10.3 Å². The topological polar surface area (TPSA) is 88.6 Å². The molecule has 0 unspecified atom stereocenters. The Hall–Kier alpha value is -2.91. The molecular formula is C22H21N3O4S2. The van der Waals surface area contributed by atoms with E-state index in [0.717, 1.165) is 30.5 Å². The van der Waals surface area contributed by atoms with Gasteiger partial charge in [0.25, 0.3) is 15.9 Å². The van der Waals surface area contributed by atoms with Crippen LogP contribution in [-0.4, -0.2) is 33.0 Å². The highest BCUT2D eigenvalue weighted by Gasteiger charge is 2.31. The minimum Gasteiger partial charge on any atom is -0.496 e. The van der Waals surface area contributed by atoms with E-state index in [1.807, 2.05) is 18.2 Å². The molecule has 2 heterocycles. The Morgan fingerprint density at radius 1 is 1.16 bits per heavy atom. The SMILES string of the molecule is COc1ccc(S(=O)(=O)N2CCc3ccccc32)cc1C(=O)Nc1nc2c(s1)CCC2. The van der Waals surface area contributed by atoms with Gasteiger partial charge in [0, 0.05) is 11.4 Å². The molecule has 0 bridgehead atoms. The number of methoxy groups -OCH3 is 1. The van der Waals surface area contributed by atoms with Crippen LogP contribution in [0.25, 0.3) is 0 Å². The first kappa shape index (κ1) is 20.0. The van der Waals surface area contributed by atoms with Crippen molar-refractivity contribution in [2.24, 2.45) is 0 Å². The number of benzene rings is 2. The molecule has 0 spiro atoms. The normalized spacial score (nSPS) is 14.9. The second kappa shape index (κ2) is 7.65. The molecule has 2 aliphatic rings. The average Bonchev–Trinajstić information content (AvgIpc) is 3.48. The lowest BCUT2D eigenvalue weighted by Gasteiger charge is -2.20. The van der Waals surface area contributed by atoms with E-state index in [4.69, 9.17) is 4.74 Å². The summed E-state index contributed by atoms with van der Waals surface area (Å²) >= 11 is 1.47. The maximum atomic E-state index is 13.4. The summed E-state index contributed by atoms with van der Waals surface area (Å²) in [6.45, 7) is 0.375. The van der Waals surface area contributed by atoms with Gasteiger partial charge in [-0.2, -0.15) is 0 Å². The molecule has 3 aromatic rings. The van der Waals surface area contributed by atoms with Gasteiger partial charge in [-0.15, -0.1) is 11.3 Å². The predicted molar refractivity (Wildman–Crippen MR) is 120 cm³/mol. The van der Waals surface area contributed by atoms with Crippen molar-refractivity contribution >= 4 is 38.1 Å². The third-order valence-corrected chi connectivity index (χ3v) is 8.55. The van der Waals surface area contributed by atoms with Crippen molar-refractivity contribution in [3.8, 4) is 5.75 Å². The van der Waals surface area contributed by atoms with Gasteiger partial charge in [0.1, 0.15) is 5.75 Å². The van der Waals surface area contributed by atoms with Gasteiger partial charge in [0.2, 0.25) is 0 Å². The number of hydrogen-bond acceptors (Lipinski definition) is 6. The summed E-state index contributed by atoms with van der Waals surface area (Å²) in [5.74, 6) is -0.134. The number of hydrogen-bond donors (Lipinski definition) is 1. The lowest BCUT2D eigenvalue weighted by atomic mass is 10.2. The molecule has 7 nitrogen and oxygen atoms in total. The Kier molecular flexibility index (Phi) is 4.94. The quantitative estimate of drug-likeness (QED) is 0.635. The fourth-order valence-corrected chi connectivity index (χ4v) is 6.69. The second-order valence-corrected chi connectivity index (χ2v) is 10.5. The zero-order chi connectivity index (χ0) is 21.6. The summed E-state index contributed by atoms with van der Waals surface area (Å²) in [5.41, 5.74) is 2.87. The lowest BCUT2D eigenvalue weighted by Crippen LogP contribution is -2.29. The largest absolute Gasteiger partial charge is 0.496 e. The molecule has 1 amide bonds. The summed E-state index contributed by atoms with van der Waals surface area (Å²) in [6.07, 6.45) is 3.66. The Morgan fingerprint density at radius 2 is 2.00 bits per heavy atom. The number of thiazole rings is 1. The Balaban J connectivity index is 1.47. The van der Waals surface area contributed by atoms with Gasteiger partial charge in [0.15, 0.2) is 5.13 Å². The van der Waals surface area contributed by atoms with Gasteiger partial charge in [-0.1, -0.05) is 18.2 Å². The van der Waals surface area contributed by atoms with Gasteiger partial charge in [-0.3, -0.25) is 14.4 Å². The fourth-order valence-electron chi connectivity index (χ4n) is 4.12. The highest BCUT2D eigenvalue weighted by molar-refractivity contribution is 7.92. The smallest absolute Gasteiger partial charge is 0.264 e. The van der Waals surface area contributed by atoms with Gasteiger partial charge in [-0.05, 0) is 55.5 Å². The molecule has 0 radical (unpaired) electrons. The number of nitrogens with zero attached hydrogens (tertiary/aromatic N) is 2. The van der Waals surface area contributed by atoms with Crippen LogP contribution in [0.5, 0.6) is 5.75 Å². The molecule has 5 rings (SSSR count). The monoisotopic (exact) mass is 455 g/mol. The third kappa shape index (κ3) is 3.47. The van der Waals surface area contributed by atoms with Crippen LogP contribution in [0.1, 0.15) is 32.9 Å². The van der Waals surface area contributed by atoms with Crippen LogP contribution in [0.3, 0.4) is 0 Å².